The first-order valence-electron chi connectivity index (χ1n) is 8.14. The Hall–Kier alpha value is -2.25. The van der Waals surface area contributed by atoms with E-state index in [1.165, 1.54) is 0 Å². The summed E-state index contributed by atoms with van der Waals surface area (Å²) in [6.07, 6.45) is 3.53. The number of anilines is 1. The summed E-state index contributed by atoms with van der Waals surface area (Å²) in [5.41, 5.74) is 2.26. The highest BCUT2D eigenvalue weighted by Gasteiger charge is 2.39. The fraction of sp³-hybridized carbons (Fsp3) is 0.278. The summed E-state index contributed by atoms with van der Waals surface area (Å²) in [5.74, 6) is -0.225. The number of benzene rings is 1. The molecule has 6 nitrogen and oxygen atoms in total. The lowest BCUT2D eigenvalue weighted by atomic mass is 10.1. The molecule has 1 aromatic heterocycles. The highest BCUT2D eigenvalue weighted by Crippen LogP contribution is 2.28. The third-order valence-electron chi connectivity index (χ3n) is 4.65. The van der Waals surface area contributed by atoms with E-state index >= 15 is 0 Å². The zero-order valence-electron chi connectivity index (χ0n) is 13.5. The fourth-order valence-electron chi connectivity index (χ4n) is 3.37. The summed E-state index contributed by atoms with van der Waals surface area (Å²) in [5, 5.41) is 2.90. The molecule has 128 valence electrons. The molecule has 1 saturated heterocycles. The average molecular weight is 401 g/mol. The maximum absolute atomic E-state index is 12.9. The van der Waals surface area contributed by atoms with Gasteiger partial charge in [-0.2, -0.15) is 0 Å². The number of nitrogens with zero attached hydrogens (tertiary/aromatic N) is 3. The minimum absolute atomic E-state index is 0.0942. The van der Waals surface area contributed by atoms with Crippen molar-refractivity contribution >= 4 is 33.4 Å². The van der Waals surface area contributed by atoms with Crippen molar-refractivity contribution in [2.45, 2.75) is 12.6 Å². The van der Waals surface area contributed by atoms with Crippen LogP contribution < -0.4 is 5.32 Å². The van der Waals surface area contributed by atoms with E-state index in [2.05, 4.69) is 31.1 Å². The van der Waals surface area contributed by atoms with E-state index in [-0.39, 0.29) is 11.8 Å². The molecule has 0 bridgehead atoms. The number of nitrogens with one attached hydrogen (secondary N) is 1. The van der Waals surface area contributed by atoms with Crippen LogP contribution in [0.2, 0.25) is 0 Å². The highest BCUT2D eigenvalue weighted by atomic mass is 79.9. The van der Waals surface area contributed by atoms with Gasteiger partial charge in [0.15, 0.2) is 0 Å². The minimum atomic E-state index is -0.478. The van der Waals surface area contributed by atoms with Crippen molar-refractivity contribution in [1.29, 1.82) is 0 Å². The van der Waals surface area contributed by atoms with E-state index in [1.807, 2.05) is 18.2 Å². The number of carbonyl (C=O) groups is 2. The van der Waals surface area contributed by atoms with Gasteiger partial charge < -0.3 is 10.2 Å². The summed E-state index contributed by atoms with van der Waals surface area (Å²) in [7, 11) is 0. The number of halogens is 1. The molecular formula is C18H17BrN4O2. The molecule has 1 aromatic carbocycles. The number of fused-ring (bicyclic) bond motifs is 2. The zero-order valence-corrected chi connectivity index (χ0v) is 15.1. The molecule has 2 aliphatic heterocycles. The van der Waals surface area contributed by atoms with Gasteiger partial charge in [-0.15, -0.1) is 0 Å². The summed E-state index contributed by atoms with van der Waals surface area (Å²) in [4.78, 5) is 33.5. The lowest BCUT2D eigenvalue weighted by Crippen LogP contribution is -2.58. The monoisotopic (exact) mass is 400 g/mol. The van der Waals surface area contributed by atoms with Gasteiger partial charge >= 0.3 is 0 Å². The van der Waals surface area contributed by atoms with Gasteiger partial charge in [-0.05, 0) is 35.9 Å². The maximum atomic E-state index is 12.9. The molecule has 3 heterocycles. The summed E-state index contributed by atoms with van der Waals surface area (Å²) in [6, 6.07) is 8.82. The predicted octanol–water partition coefficient (Wildman–Crippen LogP) is 2.12. The molecular weight excluding hydrogens is 384 g/mol. The Morgan fingerprint density at radius 1 is 1.16 bits per heavy atom. The molecule has 1 N–H and O–H groups in total. The van der Waals surface area contributed by atoms with Crippen LogP contribution in [0.5, 0.6) is 0 Å². The molecule has 25 heavy (non-hydrogen) atoms. The molecule has 7 heteroatoms. The second-order valence-corrected chi connectivity index (χ2v) is 7.20. The summed E-state index contributed by atoms with van der Waals surface area (Å²) < 4.78 is 0.823. The van der Waals surface area contributed by atoms with E-state index in [1.54, 1.807) is 29.4 Å². The van der Waals surface area contributed by atoms with Crippen molar-refractivity contribution in [2.24, 2.45) is 0 Å². The van der Waals surface area contributed by atoms with Crippen LogP contribution in [0, 0.1) is 0 Å². The maximum Gasteiger partial charge on any atom is 0.256 e. The Balaban J connectivity index is 1.57. The van der Waals surface area contributed by atoms with Gasteiger partial charge in [-0.25, -0.2) is 0 Å². The van der Waals surface area contributed by atoms with E-state index in [4.69, 9.17) is 0 Å². The minimum Gasteiger partial charge on any atom is -0.324 e. The van der Waals surface area contributed by atoms with Crippen LogP contribution >= 0.6 is 15.9 Å². The Morgan fingerprint density at radius 2 is 1.96 bits per heavy atom. The number of hydrogen-bond acceptors (Lipinski definition) is 4. The highest BCUT2D eigenvalue weighted by molar-refractivity contribution is 9.10. The van der Waals surface area contributed by atoms with Crippen molar-refractivity contribution < 1.29 is 9.59 Å². The van der Waals surface area contributed by atoms with Crippen molar-refractivity contribution in [3.05, 3.63) is 58.3 Å². The van der Waals surface area contributed by atoms with Crippen molar-refractivity contribution in [2.75, 3.05) is 25.0 Å². The molecule has 4 rings (SSSR count). The predicted molar refractivity (Wildman–Crippen MR) is 97.1 cm³/mol. The molecule has 0 saturated carbocycles. The Labute approximate surface area is 154 Å². The number of piperazine rings is 1. The van der Waals surface area contributed by atoms with Crippen molar-refractivity contribution in [3.63, 3.8) is 0 Å². The van der Waals surface area contributed by atoms with Gasteiger partial charge in [-0.1, -0.05) is 15.9 Å². The van der Waals surface area contributed by atoms with E-state index in [0.29, 0.717) is 24.3 Å². The zero-order chi connectivity index (χ0) is 17.4. The van der Waals surface area contributed by atoms with Gasteiger partial charge in [0, 0.05) is 43.0 Å². The van der Waals surface area contributed by atoms with Gasteiger partial charge in [0.1, 0.15) is 6.04 Å². The molecule has 1 fully saturated rings. The largest absolute Gasteiger partial charge is 0.324 e. The SMILES string of the molecule is O=C1Nc2ccc(Br)cc2C(=O)N2CCN(Cc3ccncc3)CC12. The second kappa shape index (κ2) is 6.57. The van der Waals surface area contributed by atoms with Crippen LogP contribution in [-0.2, 0) is 11.3 Å². The number of carbonyl (C=O) groups excluding carboxylic acids is 2. The lowest BCUT2D eigenvalue weighted by Gasteiger charge is -2.39. The quantitative estimate of drug-likeness (QED) is 0.838. The fourth-order valence-corrected chi connectivity index (χ4v) is 3.73. The van der Waals surface area contributed by atoms with Crippen molar-refractivity contribution in [3.8, 4) is 0 Å². The van der Waals surface area contributed by atoms with E-state index < -0.39 is 6.04 Å². The molecule has 2 aromatic rings. The topological polar surface area (TPSA) is 65.5 Å². The van der Waals surface area contributed by atoms with Crippen LogP contribution in [0.3, 0.4) is 0 Å². The van der Waals surface area contributed by atoms with Crippen LogP contribution in [0.1, 0.15) is 15.9 Å². The third-order valence-corrected chi connectivity index (χ3v) is 5.15. The summed E-state index contributed by atoms with van der Waals surface area (Å²) in [6.45, 7) is 2.54. The number of aromatic nitrogens is 1. The first-order valence-corrected chi connectivity index (χ1v) is 8.94. The van der Waals surface area contributed by atoms with Crippen LogP contribution in [0.15, 0.2) is 47.2 Å². The van der Waals surface area contributed by atoms with Crippen LogP contribution in [0.25, 0.3) is 0 Å². The number of amides is 2. The van der Waals surface area contributed by atoms with Gasteiger partial charge in [0.2, 0.25) is 5.91 Å². The smallest absolute Gasteiger partial charge is 0.256 e. The Morgan fingerprint density at radius 3 is 2.76 bits per heavy atom. The average Bonchev–Trinajstić information content (AvgIpc) is 2.72. The number of pyridine rings is 1. The normalized spacial score (nSPS) is 20.5. The number of hydrogen-bond donors (Lipinski definition) is 1. The van der Waals surface area contributed by atoms with Crippen LogP contribution in [0.4, 0.5) is 5.69 Å². The van der Waals surface area contributed by atoms with Gasteiger partial charge in [0.25, 0.3) is 5.91 Å². The standard InChI is InChI=1S/C18H17BrN4O2/c19-13-1-2-15-14(9-13)18(25)23-8-7-22(11-16(23)17(24)21-15)10-12-3-5-20-6-4-12/h1-6,9,16H,7-8,10-11H2,(H,21,24). The first-order chi connectivity index (χ1) is 12.1. The second-order valence-electron chi connectivity index (χ2n) is 6.28. The molecule has 0 aliphatic carbocycles. The van der Waals surface area contributed by atoms with E-state index in [9.17, 15) is 9.59 Å². The molecule has 1 unspecified atom stereocenters. The van der Waals surface area contributed by atoms with Gasteiger partial charge in [0.05, 0.1) is 11.3 Å². The van der Waals surface area contributed by atoms with E-state index in [0.717, 1.165) is 23.1 Å². The van der Waals surface area contributed by atoms with Crippen molar-refractivity contribution in [1.82, 2.24) is 14.8 Å². The Bertz CT molecular complexity index is 827. The first kappa shape index (κ1) is 16.2. The van der Waals surface area contributed by atoms with Crippen LogP contribution in [-0.4, -0.2) is 52.3 Å². The molecule has 2 amide bonds. The summed E-state index contributed by atoms with van der Waals surface area (Å²) >= 11 is 3.40. The third kappa shape index (κ3) is 3.17. The molecule has 0 radical (unpaired) electrons. The van der Waals surface area contributed by atoms with Gasteiger partial charge in [-0.3, -0.25) is 19.5 Å². The Kier molecular flexibility index (Phi) is 4.27. The molecule has 2 aliphatic rings. The molecule has 0 spiro atoms. The number of rotatable bonds is 2. The lowest BCUT2D eigenvalue weighted by molar-refractivity contribution is -0.122. The molecule has 1 atom stereocenters.